The number of fused-ring (bicyclic) bond motifs is 2. The summed E-state index contributed by atoms with van der Waals surface area (Å²) in [4.78, 5) is 22.4. The maximum atomic E-state index is 12.8. The minimum absolute atomic E-state index is 0.141. The number of benzene rings is 1. The third-order valence-electron chi connectivity index (χ3n) is 5.13. The van der Waals surface area contributed by atoms with Crippen LogP contribution in [0.4, 0.5) is 5.00 Å². The molecule has 0 radical (unpaired) electrons. The fraction of sp³-hybridized carbons (Fsp3) is 0.238. The van der Waals surface area contributed by atoms with Crippen molar-refractivity contribution in [3.63, 3.8) is 0 Å². The van der Waals surface area contributed by atoms with Gasteiger partial charge in [0.15, 0.2) is 0 Å². The van der Waals surface area contributed by atoms with Gasteiger partial charge in [-0.05, 0) is 56.4 Å². The third-order valence-corrected chi connectivity index (χ3v) is 6.34. The fourth-order valence-electron chi connectivity index (χ4n) is 3.77. The van der Waals surface area contributed by atoms with Crippen molar-refractivity contribution in [3.05, 3.63) is 58.4 Å². The minimum atomic E-state index is -0.141. The van der Waals surface area contributed by atoms with E-state index in [1.807, 2.05) is 24.3 Å². The van der Waals surface area contributed by atoms with E-state index in [2.05, 4.69) is 10.3 Å². The zero-order valence-corrected chi connectivity index (χ0v) is 15.8. The smallest absolute Gasteiger partial charge is 0.259 e. The van der Waals surface area contributed by atoms with Gasteiger partial charge in [0.25, 0.3) is 5.91 Å². The van der Waals surface area contributed by atoms with Crippen LogP contribution in [-0.2, 0) is 12.8 Å². The zero-order chi connectivity index (χ0) is 18.4. The SMILES string of the molecule is Cc1occc1C(=O)Nc1sc2c(c1-c1nc3ccccc3[nH]1)CCCC2. The van der Waals surface area contributed by atoms with E-state index in [4.69, 9.17) is 9.40 Å². The lowest BCUT2D eigenvalue weighted by Gasteiger charge is -2.12. The monoisotopic (exact) mass is 377 g/mol. The topological polar surface area (TPSA) is 70.9 Å². The molecule has 0 saturated heterocycles. The predicted molar refractivity (Wildman–Crippen MR) is 107 cm³/mol. The molecule has 136 valence electrons. The summed E-state index contributed by atoms with van der Waals surface area (Å²) in [5.41, 5.74) is 4.87. The Hall–Kier alpha value is -2.86. The second-order valence-electron chi connectivity index (χ2n) is 6.86. The number of para-hydroxylation sites is 2. The summed E-state index contributed by atoms with van der Waals surface area (Å²) in [5, 5.41) is 3.98. The molecule has 1 aliphatic rings. The highest BCUT2D eigenvalue weighted by Crippen LogP contribution is 2.43. The van der Waals surface area contributed by atoms with Gasteiger partial charge in [-0.3, -0.25) is 4.79 Å². The number of nitrogens with one attached hydrogen (secondary N) is 2. The molecule has 0 unspecified atom stereocenters. The molecular weight excluding hydrogens is 358 g/mol. The van der Waals surface area contributed by atoms with Crippen molar-refractivity contribution in [2.75, 3.05) is 5.32 Å². The molecule has 0 fully saturated rings. The Kier molecular flexibility index (Phi) is 3.86. The van der Waals surface area contributed by atoms with Crippen molar-refractivity contribution in [1.29, 1.82) is 0 Å². The Bertz CT molecular complexity index is 1120. The first-order valence-corrected chi connectivity index (χ1v) is 9.97. The van der Waals surface area contributed by atoms with Gasteiger partial charge in [0.2, 0.25) is 0 Å². The Morgan fingerprint density at radius 3 is 2.89 bits per heavy atom. The third kappa shape index (κ3) is 2.77. The van der Waals surface area contributed by atoms with Gasteiger partial charge in [-0.1, -0.05) is 12.1 Å². The molecule has 1 aromatic carbocycles. The number of aromatic nitrogens is 2. The van der Waals surface area contributed by atoms with Crippen LogP contribution < -0.4 is 5.32 Å². The highest BCUT2D eigenvalue weighted by molar-refractivity contribution is 7.17. The Morgan fingerprint density at radius 1 is 1.22 bits per heavy atom. The lowest BCUT2D eigenvalue weighted by Crippen LogP contribution is -2.12. The van der Waals surface area contributed by atoms with Crippen molar-refractivity contribution < 1.29 is 9.21 Å². The van der Waals surface area contributed by atoms with Crippen molar-refractivity contribution in [1.82, 2.24) is 9.97 Å². The Balaban J connectivity index is 1.62. The number of carbonyl (C=O) groups is 1. The van der Waals surface area contributed by atoms with Gasteiger partial charge >= 0.3 is 0 Å². The highest BCUT2D eigenvalue weighted by Gasteiger charge is 2.25. The fourth-order valence-corrected chi connectivity index (χ4v) is 5.05. The van der Waals surface area contributed by atoms with Crippen LogP contribution in [0.2, 0.25) is 0 Å². The number of hydrogen-bond donors (Lipinski definition) is 2. The normalized spacial score (nSPS) is 13.7. The number of thiophene rings is 1. The summed E-state index contributed by atoms with van der Waals surface area (Å²) in [6.45, 7) is 1.80. The van der Waals surface area contributed by atoms with E-state index >= 15 is 0 Å². The molecule has 3 heterocycles. The molecule has 3 aromatic heterocycles. The summed E-state index contributed by atoms with van der Waals surface area (Å²) in [6.07, 6.45) is 6.00. The van der Waals surface area contributed by atoms with Crippen LogP contribution in [0.3, 0.4) is 0 Å². The van der Waals surface area contributed by atoms with Crippen LogP contribution >= 0.6 is 11.3 Å². The quantitative estimate of drug-likeness (QED) is 0.507. The van der Waals surface area contributed by atoms with E-state index in [0.717, 1.165) is 40.3 Å². The van der Waals surface area contributed by atoms with Gasteiger partial charge in [0, 0.05) is 4.88 Å². The molecule has 0 atom stereocenters. The van der Waals surface area contributed by atoms with E-state index in [9.17, 15) is 4.79 Å². The number of hydrogen-bond acceptors (Lipinski definition) is 4. The average Bonchev–Trinajstić information content (AvgIpc) is 3.36. The number of H-pyrrole nitrogens is 1. The molecule has 0 aliphatic heterocycles. The molecule has 0 saturated carbocycles. The van der Waals surface area contributed by atoms with Crippen LogP contribution in [0.15, 0.2) is 41.0 Å². The number of furan rings is 1. The van der Waals surface area contributed by atoms with Gasteiger partial charge in [-0.2, -0.15) is 0 Å². The highest BCUT2D eigenvalue weighted by atomic mass is 32.1. The number of carbonyl (C=O) groups excluding carboxylic acids is 1. The molecule has 2 N–H and O–H groups in total. The van der Waals surface area contributed by atoms with Gasteiger partial charge in [0.1, 0.15) is 16.6 Å². The maximum Gasteiger partial charge on any atom is 0.259 e. The van der Waals surface area contributed by atoms with Crippen LogP contribution in [0.25, 0.3) is 22.4 Å². The summed E-state index contributed by atoms with van der Waals surface area (Å²) in [5.74, 6) is 1.31. The standard InChI is InChI=1S/C21H19N3O2S/c1-12-13(10-11-26-12)20(25)24-21-18(14-6-2-5-9-17(14)27-21)19-22-15-7-3-4-8-16(15)23-19/h3-4,7-8,10-11H,2,5-6,9H2,1H3,(H,22,23)(H,24,25). The lowest BCUT2D eigenvalue weighted by molar-refractivity contribution is 0.102. The largest absolute Gasteiger partial charge is 0.469 e. The van der Waals surface area contributed by atoms with E-state index < -0.39 is 0 Å². The molecule has 4 aromatic rings. The first kappa shape index (κ1) is 16.3. The summed E-state index contributed by atoms with van der Waals surface area (Å²) < 4.78 is 5.28. The second-order valence-corrected chi connectivity index (χ2v) is 7.97. The molecule has 5 nitrogen and oxygen atoms in total. The number of amides is 1. The molecule has 1 amide bonds. The minimum Gasteiger partial charge on any atom is -0.469 e. The first-order chi connectivity index (χ1) is 13.2. The maximum absolute atomic E-state index is 12.8. The molecule has 27 heavy (non-hydrogen) atoms. The van der Waals surface area contributed by atoms with E-state index in [1.54, 1.807) is 30.6 Å². The van der Waals surface area contributed by atoms with E-state index in [-0.39, 0.29) is 5.91 Å². The number of imidazole rings is 1. The first-order valence-electron chi connectivity index (χ1n) is 9.16. The lowest BCUT2D eigenvalue weighted by atomic mass is 9.95. The van der Waals surface area contributed by atoms with Crippen LogP contribution in [0.1, 0.15) is 39.4 Å². The number of aryl methyl sites for hydroxylation is 2. The predicted octanol–water partition coefficient (Wildman–Crippen LogP) is 5.32. The van der Waals surface area contributed by atoms with Crippen molar-refractivity contribution >= 4 is 33.3 Å². The molecule has 6 heteroatoms. The van der Waals surface area contributed by atoms with Crippen molar-refractivity contribution in [3.8, 4) is 11.4 Å². The van der Waals surface area contributed by atoms with Crippen LogP contribution in [0.5, 0.6) is 0 Å². The number of nitrogens with zero attached hydrogens (tertiary/aromatic N) is 1. The summed E-state index contributed by atoms with van der Waals surface area (Å²) in [6, 6.07) is 9.72. The number of aromatic amines is 1. The van der Waals surface area contributed by atoms with Crippen molar-refractivity contribution in [2.24, 2.45) is 0 Å². The molecular formula is C21H19N3O2S. The molecule has 0 spiro atoms. The van der Waals surface area contributed by atoms with E-state index in [1.165, 1.54) is 23.3 Å². The van der Waals surface area contributed by atoms with Gasteiger partial charge in [-0.25, -0.2) is 4.98 Å². The second kappa shape index (κ2) is 6.39. The zero-order valence-electron chi connectivity index (χ0n) is 15.0. The Labute approximate surface area is 160 Å². The van der Waals surface area contributed by atoms with Gasteiger partial charge in [0.05, 0.1) is 28.4 Å². The van der Waals surface area contributed by atoms with Crippen molar-refractivity contribution in [2.45, 2.75) is 32.6 Å². The summed E-state index contributed by atoms with van der Waals surface area (Å²) >= 11 is 1.68. The number of anilines is 1. The molecule has 0 bridgehead atoms. The van der Waals surface area contributed by atoms with Gasteiger partial charge < -0.3 is 14.7 Å². The van der Waals surface area contributed by atoms with E-state index in [0.29, 0.717) is 11.3 Å². The molecule has 1 aliphatic carbocycles. The average molecular weight is 377 g/mol. The van der Waals surface area contributed by atoms with Crippen LogP contribution in [0, 0.1) is 6.92 Å². The van der Waals surface area contributed by atoms with Crippen LogP contribution in [-0.4, -0.2) is 15.9 Å². The number of rotatable bonds is 3. The summed E-state index contributed by atoms with van der Waals surface area (Å²) in [7, 11) is 0. The van der Waals surface area contributed by atoms with Gasteiger partial charge in [-0.15, -0.1) is 11.3 Å². The Morgan fingerprint density at radius 2 is 2.07 bits per heavy atom. The molecule has 5 rings (SSSR count).